The van der Waals surface area contributed by atoms with E-state index in [4.69, 9.17) is 11.5 Å². The summed E-state index contributed by atoms with van der Waals surface area (Å²) in [6.45, 7) is 5.97. The van der Waals surface area contributed by atoms with Gasteiger partial charge in [-0.3, -0.25) is 53.3 Å². The third-order valence-electron chi connectivity index (χ3n) is 11.3. The van der Waals surface area contributed by atoms with Gasteiger partial charge >= 0.3 is 19.1 Å². The molecule has 13 N–H and O–H groups in total. The van der Waals surface area contributed by atoms with Crippen LogP contribution in [-0.2, 0) is 35.3 Å². The van der Waals surface area contributed by atoms with Gasteiger partial charge in [0.2, 0.25) is 23.6 Å². The summed E-state index contributed by atoms with van der Waals surface area (Å²) in [5, 5.41) is 58.7. The van der Waals surface area contributed by atoms with E-state index in [9.17, 15) is 58.9 Å². The largest absolute Gasteiger partial charge is 0.480 e. The number of carbonyl (C=O) groups excluding carboxylic acids is 5. The number of nitrogens with two attached hydrogens (primary N) is 2. The average molecular weight is 933 g/mol. The van der Waals surface area contributed by atoms with Crippen molar-refractivity contribution < 1.29 is 58.9 Å². The number of aliphatic hydroxyl groups excluding tert-OH is 1. The van der Waals surface area contributed by atoms with E-state index >= 15 is 0 Å². The first kappa shape index (κ1) is 54.9. The van der Waals surface area contributed by atoms with Gasteiger partial charge in [0, 0.05) is 90.5 Å². The number of rotatable bonds is 24. The number of aliphatic imine (C=N–C) groups is 1. The minimum atomic E-state index is -1.82. The van der Waals surface area contributed by atoms with Gasteiger partial charge < -0.3 is 67.9 Å². The maximum absolute atomic E-state index is 13.5. The van der Waals surface area contributed by atoms with Crippen molar-refractivity contribution in [2.45, 2.75) is 70.1 Å². The monoisotopic (exact) mass is 933 g/mol. The highest BCUT2D eigenvalue weighted by Crippen LogP contribution is 2.19. The number of amides is 5. The Balaban J connectivity index is 1.46. The highest BCUT2D eigenvalue weighted by molar-refractivity contribution is 6.43. The first-order valence-corrected chi connectivity index (χ1v) is 22.4. The molecule has 0 bridgehead atoms. The summed E-state index contributed by atoms with van der Waals surface area (Å²) in [5.74, 6) is -5.16. The highest BCUT2D eigenvalue weighted by Gasteiger charge is 2.41. The van der Waals surface area contributed by atoms with E-state index in [2.05, 4.69) is 31.2 Å². The van der Waals surface area contributed by atoms with Gasteiger partial charge in [-0.1, -0.05) is 19.1 Å². The van der Waals surface area contributed by atoms with Crippen LogP contribution in [0, 0.1) is 0 Å². The van der Waals surface area contributed by atoms with Crippen LogP contribution < -0.4 is 32.7 Å². The Labute approximate surface area is 385 Å². The second-order valence-corrected chi connectivity index (χ2v) is 16.4. The van der Waals surface area contributed by atoms with Crippen molar-refractivity contribution in [3.63, 3.8) is 0 Å². The maximum atomic E-state index is 13.5. The molecule has 1 aromatic carbocycles. The summed E-state index contributed by atoms with van der Waals surface area (Å²) in [4.78, 5) is 100. The van der Waals surface area contributed by atoms with Crippen LogP contribution in [-0.4, -0.2) is 227 Å². The Hall–Kier alpha value is -5.44. The van der Waals surface area contributed by atoms with Crippen LogP contribution in [0.2, 0.25) is 0 Å². The number of likely N-dealkylation sites (N-methyl/N-ethyl adjacent to an activating group) is 1. The summed E-state index contributed by atoms with van der Waals surface area (Å²) >= 11 is 0. The number of likely N-dealkylation sites (tertiary alicyclic amines) is 1. The predicted molar refractivity (Wildman–Crippen MR) is 242 cm³/mol. The summed E-state index contributed by atoms with van der Waals surface area (Å²) < 4.78 is 0. The lowest BCUT2D eigenvalue weighted by atomic mass is 9.77. The lowest BCUT2D eigenvalue weighted by Gasteiger charge is -2.33. The fraction of sp³-hybridized carbons (Fsp3) is 0.659. The van der Waals surface area contributed by atoms with Crippen molar-refractivity contribution in [3.8, 4) is 0 Å². The van der Waals surface area contributed by atoms with Crippen LogP contribution in [0.3, 0.4) is 0 Å². The molecule has 2 saturated heterocycles. The summed E-state index contributed by atoms with van der Waals surface area (Å²) in [6.07, 6.45) is 0.886. The van der Waals surface area contributed by atoms with Gasteiger partial charge in [0.25, 0.3) is 5.91 Å². The number of guanidine groups is 1. The lowest BCUT2D eigenvalue weighted by molar-refractivity contribution is -0.140. The van der Waals surface area contributed by atoms with E-state index in [0.717, 1.165) is 10.5 Å². The first-order chi connectivity index (χ1) is 31.4. The molecule has 2 aliphatic heterocycles. The number of nitrogens with zero attached hydrogens (tertiary/aromatic N) is 6. The van der Waals surface area contributed by atoms with Crippen molar-refractivity contribution in [3.05, 3.63) is 35.4 Å². The molecule has 2 aliphatic rings. The second kappa shape index (κ2) is 29.3. The molecule has 1 aromatic rings. The standard InChI is InChI=1S/C41H69BN12O12/c1-2-50-14-16-51(18-19-53(28-38(61)62)21-20-52(17-15-50)27-37(59)60)26-35(57)49-32(6-5-13-46-41(43)44)40(64)45-12-4-3-7-34(56)47-23-29-8-10-30(11-9-29)39(63)48-24-36(58)54-25-31(55)22-33(54)42(65)66/h8-11,31-33,55,65-66H,2-7,12-28H2,1H3,(H,45,64)(H,47,56)(H,48,63)(H,49,57)(H,59,60)(H,61,62)(H4,43,44,46). The molecular weight excluding hydrogens is 863 g/mol. The van der Waals surface area contributed by atoms with Crippen molar-refractivity contribution in [2.75, 3.05) is 105 Å². The fourth-order valence-corrected chi connectivity index (χ4v) is 7.55. The molecule has 0 radical (unpaired) electrons. The Morgan fingerprint density at radius 1 is 0.773 bits per heavy atom. The number of aliphatic carboxylic acids is 2. The van der Waals surface area contributed by atoms with E-state index in [1.54, 1.807) is 34.1 Å². The van der Waals surface area contributed by atoms with Gasteiger partial charge in [0.05, 0.1) is 38.2 Å². The molecule has 3 atom stereocenters. The Morgan fingerprint density at radius 2 is 1.35 bits per heavy atom. The number of nitrogens with one attached hydrogen (secondary N) is 4. The highest BCUT2D eigenvalue weighted by atomic mass is 16.4. The van der Waals surface area contributed by atoms with Gasteiger partial charge in [-0.25, -0.2) is 0 Å². The molecule has 368 valence electrons. The van der Waals surface area contributed by atoms with Gasteiger partial charge in [0.1, 0.15) is 6.04 Å². The minimum Gasteiger partial charge on any atom is -0.480 e. The van der Waals surface area contributed by atoms with Crippen LogP contribution in [0.25, 0.3) is 0 Å². The molecule has 0 spiro atoms. The molecule has 0 aromatic heterocycles. The second-order valence-electron chi connectivity index (χ2n) is 16.4. The van der Waals surface area contributed by atoms with Crippen LogP contribution in [0.15, 0.2) is 29.3 Å². The zero-order chi connectivity index (χ0) is 48.6. The number of carboxylic acid groups (broad SMARTS) is 2. The normalized spacial score (nSPS) is 18.5. The third kappa shape index (κ3) is 21.2. The van der Waals surface area contributed by atoms with Crippen molar-refractivity contribution >= 4 is 54.6 Å². The number of hydrogen-bond acceptors (Lipinski definition) is 15. The van der Waals surface area contributed by atoms with Gasteiger partial charge in [-0.05, 0) is 56.3 Å². The first-order valence-electron chi connectivity index (χ1n) is 22.4. The molecule has 24 nitrogen and oxygen atoms in total. The Kier molecular flexibility index (Phi) is 24.3. The van der Waals surface area contributed by atoms with E-state index in [1.165, 1.54) is 0 Å². The Morgan fingerprint density at radius 3 is 1.89 bits per heavy atom. The minimum absolute atomic E-state index is 0.0195. The zero-order valence-electron chi connectivity index (χ0n) is 37.8. The lowest BCUT2D eigenvalue weighted by Crippen LogP contribution is -2.52. The molecule has 0 saturated carbocycles. The maximum Gasteiger partial charge on any atom is 0.475 e. The molecule has 3 rings (SSSR count). The number of hydrogen-bond donors (Lipinski definition) is 11. The predicted octanol–water partition coefficient (Wildman–Crippen LogP) is -4.76. The van der Waals surface area contributed by atoms with Gasteiger partial charge in [-0.2, -0.15) is 0 Å². The van der Waals surface area contributed by atoms with Crippen LogP contribution in [0.1, 0.15) is 61.4 Å². The SMILES string of the molecule is CCN1CCN(CC(=O)O)CCN(CC(=O)O)CCN(CC(=O)NC(CCCN=C(N)N)C(=O)NCCCCC(=O)NCc2ccc(C(=O)NCC(=O)N3CC(O)CC3B(O)O)cc2)CC1. The van der Waals surface area contributed by atoms with Crippen molar-refractivity contribution in [2.24, 2.45) is 16.5 Å². The topological polar surface area (TPSA) is 349 Å². The molecule has 3 unspecified atom stereocenters. The number of carboxylic acids is 2. The molecule has 5 amide bonds. The number of aliphatic hydroxyl groups is 1. The van der Waals surface area contributed by atoms with E-state index in [0.29, 0.717) is 78.2 Å². The van der Waals surface area contributed by atoms with Gasteiger partial charge in [-0.15, -0.1) is 0 Å². The van der Waals surface area contributed by atoms with Crippen molar-refractivity contribution in [1.29, 1.82) is 0 Å². The number of β-amino-alcohol motifs (C(OH)–C–C–N with tert-alkyl or cyclic N) is 1. The van der Waals surface area contributed by atoms with Gasteiger partial charge in [0.15, 0.2) is 5.96 Å². The molecule has 66 heavy (non-hydrogen) atoms. The van der Waals surface area contributed by atoms with Crippen LogP contribution >= 0.6 is 0 Å². The molecule has 2 fully saturated rings. The summed E-state index contributed by atoms with van der Waals surface area (Å²) in [6, 6.07) is 5.49. The van der Waals surface area contributed by atoms with E-state index in [-0.39, 0.29) is 82.5 Å². The number of carbonyl (C=O) groups is 7. The zero-order valence-corrected chi connectivity index (χ0v) is 37.8. The average Bonchev–Trinajstić information content (AvgIpc) is 3.67. The molecule has 2 heterocycles. The number of unbranched alkanes of at least 4 members (excludes halogenated alkanes) is 1. The molecular formula is C41H69BN12O12. The number of benzene rings is 1. The van der Waals surface area contributed by atoms with E-state index < -0.39 is 67.3 Å². The van der Waals surface area contributed by atoms with Crippen LogP contribution in [0.5, 0.6) is 0 Å². The van der Waals surface area contributed by atoms with Crippen molar-refractivity contribution in [1.82, 2.24) is 45.8 Å². The summed E-state index contributed by atoms with van der Waals surface area (Å²) in [7, 11) is -1.82. The molecule has 0 aliphatic carbocycles. The summed E-state index contributed by atoms with van der Waals surface area (Å²) in [5.41, 5.74) is 11.9. The quantitative estimate of drug-likeness (QED) is 0.0201. The molecule has 25 heteroatoms. The Bertz CT molecular complexity index is 1770. The smallest absolute Gasteiger partial charge is 0.475 e. The fourth-order valence-electron chi connectivity index (χ4n) is 7.55. The van der Waals surface area contributed by atoms with Crippen LogP contribution in [0.4, 0.5) is 0 Å². The van der Waals surface area contributed by atoms with E-state index in [1.807, 2.05) is 11.8 Å². The third-order valence-corrected chi connectivity index (χ3v) is 11.3.